The van der Waals surface area contributed by atoms with Crippen LogP contribution < -0.4 is 0 Å². The van der Waals surface area contributed by atoms with Gasteiger partial charge in [0.15, 0.2) is 0 Å². The Morgan fingerprint density at radius 2 is 2.05 bits per heavy atom. The molecule has 1 heterocycles. The number of hydrogen-bond acceptors (Lipinski definition) is 5. The third kappa shape index (κ3) is 3.90. The zero-order chi connectivity index (χ0) is 16.5. The quantitative estimate of drug-likeness (QED) is 0.869. The molecule has 118 valence electrons. The Hall–Kier alpha value is -1.79. The molecule has 6 heteroatoms. The first-order chi connectivity index (χ1) is 10.2. The van der Waals surface area contributed by atoms with Crippen LogP contribution in [-0.2, 0) is 4.74 Å². The van der Waals surface area contributed by atoms with Crippen molar-refractivity contribution >= 4 is 17.5 Å². The van der Waals surface area contributed by atoms with Gasteiger partial charge in [-0.1, -0.05) is 6.07 Å². The Morgan fingerprint density at radius 1 is 1.36 bits per heavy atom. The summed E-state index contributed by atoms with van der Waals surface area (Å²) in [6.07, 6.45) is -0.614. The number of aliphatic hydroxyl groups excluding tert-OH is 1. The molecular weight excluding hydrogens is 305 g/mol. The first kappa shape index (κ1) is 16.6. The number of ether oxygens (including phenoxy) is 1. The number of aliphatic hydroxyl groups is 1. The highest BCUT2D eigenvalue weighted by Gasteiger charge is 2.21. The standard InChI is InChI=1S/C16H18FNO3S/c1-9(19)14-8-13(18-22-14)10-5-6-11(12(17)7-10)15(20)21-16(2,3)4/h5-9,19H,1-4H3. The molecule has 22 heavy (non-hydrogen) atoms. The Kier molecular flexibility index (Phi) is 4.63. The van der Waals surface area contributed by atoms with E-state index in [9.17, 15) is 14.3 Å². The van der Waals surface area contributed by atoms with Gasteiger partial charge in [-0.25, -0.2) is 9.18 Å². The van der Waals surface area contributed by atoms with Gasteiger partial charge >= 0.3 is 5.97 Å². The van der Waals surface area contributed by atoms with E-state index in [0.717, 1.165) is 11.5 Å². The van der Waals surface area contributed by atoms with E-state index in [2.05, 4.69) is 4.37 Å². The highest BCUT2D eigenvalue weighted by atomic mass is 32.1. The van der Waals surface area contributed by atoms with E-state index in [4.69, 9.17) is 4.74 Å². The predicted molar refractivity (Wildman–Crippen MR) is 83.3 cm³/mol. The van der Waals surface area contributed by atoms with Crippen LogP contribution in [0.15, 0.2) is 24.3 Å². The fourth-order valence-electron chi connectivity index (χ4n) is 1.80. The molecule has 0 amide bonds. The maximum atomic E-state index is 14.2. The van der Waals surface area contributed by atoms with Crippen molar-refractivity contribution in [2.24, 2.45) is 0 Å². The van der Waals surface area contributed by atoms with Crippen LogP contribution in [0.5, 0.6) is 0 Å². The van der Waals surface area contributed by atoms with Crippen molar-refractivity contribution in [3.63, 3.8) is 0 Å². The smallest absolute Gasteiger partial charge is 0.341 e. The normalized spacial score (nSPS) is 13.0. The first-order valence-electron chi connectivity index (χ1n) is 6.85. The fourth-order valence-corrected chi connectivity index (χ4v) is 2.47. The first-order valence-corrected chi connectivity index (χ1v) is 7.62. The van der Waals surface area contributed by atoms with Gasteiger partial charge in [0, 0.05) is 5.56 Å². The van der Waals surface area contributed by atoms with Gasteiger partial charge in [0.2, 0.25) is 0 Å². The van der Waals surface area contributed by atoms with Crippen molar-refractivity contribution in [1.82, 2.24) is 4.37 Å². The van der Waals surface area contributed by atoms with Gasteiger partial charge < -0.3 is 9.84 Å². The number of hydrogen-bond donors (Lipinski definition) is 1. The summed E-state index contributed by atoms with van der Waals surface area (Å²) in [4.78, 5) is 12.6. The summed E-state index contributed by atoms with van der Waals surface area (Å²) in [7, 11) is 0. The summed E-state index contributed by atoms with van der Waals surface area (Å²) >= 11 is 1.16. The monoisotopic (exact) mass is 323 g/mol. The number of aromatic nitrogens is 1. The molecule has 0 spiro atoms. The molecule has 0 aliphatic heterocycles. The lowest BCUT2D eigenvalue weighted by atomic mass is 10.1. The number of halogens is 1. The van der Waals surface area contributed by atoms with Crippen LogP contribution in [0.25, 0.3) is 11.3 Å². The SMILES string of the molecule is CC(O)c1cc(-c2ccc(C(=O)OC(C)(C)C)c(F)c2)ns1. The molecule has 1 aromatic carbocycles. The number of benzene rings is 1. The molecule has 1 N–H and O–H groups in total. The van der Waals surface area contributed by atoms with E-state index < -0.39 is 23.5 Å². The van der Waals surface area contributed by atoms with Gasteiger partial charge in [-0.15, -0.1) is 0 Å². The topological polar surface area (TPSA) is 59.4 Å². The molecule has 1 atom stereocenters. The Labute approximate surface area is 132 Å². The highest BCUT2D eigenvalue weighted by molar-refractivity contribution is 7.06. The van der Waals surface area contributed by atoms with Crippen LogP contribution in [0.3, 0.4) is 0 Å². The van der Waals surface area contributed by atoms with Crippen molar-refractivity contribution in [2.45, 2.75) is 39.4 Å². The maximum Gasteiger partial charge on any atom is 0.341 e. The van der Waals surface area contributed by atoms with Crippen LogP contribution in [0, 0.1) is 5.82 Å². The number of carbonyl (C=O) groups is 1. The number of esters is 1. The minimum absolute atomic E-state index is 0.107. The molecule has 2 rings (SSSR count). The van der Waals surface area contributed by atoms with E-state index in [1.165, 1.54) is 12.1 Å². The van der Waals surface area contributed by atoms with Crippen LogP contribution in [0.1, 0.15) is 49.0 Å². The average Bonchev–Trinajstić information content (AvgIpc) is 2.85. The zero-order valence-corrected chi connectivity index (χ0v) is 13.7. The predicted octanol–water partition coefficient (Wildman–Crippen LogP) is 3.96. The fraction of sp³-hybridized carbons (Fsp3) is 0.375. The molecule has 1 unspecified atom stereocenters. The Bertz CT molecular complexity index is 689. The van der Waals surface area contributed by atoms with Crippen LogP contribution >= 0.6 is 11.5 Å². The molecule has 0 saturated carbocycles. The second kappa shape index (κ2) is 6.14. The van der Waals surface area contributed by atoms with Crippen molar-refractivity contribution < 1.29 is 19.0 Å². The third-order valence-electron chi connectivity index (χ3n) is 2.82. The van der Waals surface area contributed by atoms with Crippen molar-refractivity contribution in [1.29, 1.82) is 0 Å². The molecule has 1 aromatic heterocycles. The molecule has 0 bridgehead atoms. The van der Waals surface area contributed by atoms with Gasteiger partial charge in [0.05, 0.1) is 22.2 Å². The lowest BCUT2D eigenvalue weighted by Gasteiger charge is -2.19. The maximum absolute atomic E-state index is 14.2. The summed E-state index contributed by atoms with van der Waals surface area (Å²) in [6, 6.07) is 5.96. The molecule has 0 fully saturated rings. The van der Waals surface area contributed by atoms with E-state index in [0.29, 0.717) is 16.1 Å². The number of carbonyl (C=O) groups excluding carboxylic acids is 1. The van der Waals surface area contributed by atoms with Gasteiger partial charge in [-0.3, -0.25) is 0 Å². The minimum Gasteiger partial charge on any atom is -0.456 e. The summed E-state index contributed by atoms with van der Waals surface area (Å²) in [5.41, 5.74) is 0.330. The van der Waals surface area contributed by atoms with E-state index in [1.807, 2.05) is 0 Å². The van der Waals surface area contributed by atoms with E-state index >= 15 is 0 Å². The summed E-state index contributed by atoms with van der Waals surface area (Å²) in [5.74, 6) is -1.35. The second-order valence-electron chi connectivity index (χ2n) is 5.99. The lowest BCUT2D eigenvalue weighted by Crippen LogP contribution is -2.24. The number of rotatable bonds is 3. The zero-order valence-electron chi connectivity index (χ0n) is 12.9. The van der Waals surface area contributed by atoms with Gasteiger partial charge in [0.25, 0.3) is 0 Å². The van der Waals surface area contributed by atoms with Gasteiger partial charge in [-0.2, -0.15) is 4.37 Å². The molecule has 0 radical (unpaired) electrons. The van der Waals surface area contributed by atoms with Crippen molar-refractivity contribution in [2.75, 3.05) is 0 Å². The molecule has 0 saturated heterocycles. The van der Waals surface area contributed by atoms with E-state index in [1.54, 1.807) is 39.8 Å². The molecule has 2 aromatic rings. The third-order valence-corrected chi connectivity index (χ3v) is 3.78. The van der Waals surface area contributed by atoms with Crippen LogP contribution in [-0.4, -0.2) is 21.1 Å². The summed E-state index contributed by atoms with van der Waals surface area (Å²) < 4.78 is 23.5. The summed E-state index contributed by atoms with van der Waals surface area (Å²) in [5, 5.41) is 9.50. The summed E-state index contributed by atoms with van der Waals surface area (Å²) in [6.45, 7) is 6.82. The average molecular weight is 323 g/mol. The van der Waals surface area contributed by atoms with Gasteiger partial charge in [0.1, 0.15) is 11.4 Å². The van der Waals surface area contributed by atoms with Crippen LogP contribution in [0.2, 0.25) is 0 Å². The largest absolute Gasteiger partial charge is 0.456 e. The van der Waals surface area contributed by atoms with Crippen LogP contribution in [0.4, 0.5) is 4.39 Å². The van der Waals surface area contributed by atoms with Gasteiger partial charge in [-0.05, 0) is 57.4 Å². The Morgan fingerprint density at radius 3 is 2.55 bits per heavy atom. The van der Waals surface area contributed by atoms with Crippen molar-refractivity contribution in [3.8, 4) is 11.3 Å². The van der Waals surface area contributed by atoms with E-state index in [-0.39, 0.29) is 5.56 Å². The second-order valence-corrected chi connectivity index (χ2v) is 6.82. The molecule has 0 aliphatic rings. The Balaban J connectivity index is 2.27. The number of nitrogens with zero attached hydrogens (tertiary/aromatic N) is 1. The minimum atomic E-state index is -0.695. The lowest BCUT2D eigenvalue weighted by molar-refractivity contribution is 0.00647. The molecular formula is C16H18FNO3S. The molecule has 4 nitrogen and oxygen atoms in total. The van der Waals surface area contributed by atoms with Crippen molar-refractivity contribution in [3.05, 3.63) is 40.5 Å². The highest BCUT2D eigenvalue weighted by Crippen LogP contribution is 2.27. The molecule has 0 aliphatic carbocycles.